The molecule has 0 saturated heterocycles. The zero-order valence-electron chi connectivity index (χ0n) is 11.8. The van der Waals surface area contributed by atoms with Crippen LogP contribution in [0.15, 0.2) is 48.8 Å². The average molecular weight is 337 g/mol. The van der Waals surface area contributed by atoms with Gasteiger partial charge in [-0.05, 0) is 18.2 Å². The second-order valence-electron chi connectivity index (χ2n) is 4.48. The maximum absolute atomic E-state index is 11.9. The van der Waals surface area contributed by atoms with Gasteiger partial charge >= 0.3 is 0 Å². The topological polar surface area (TPSA) is 119 Å². The van der Waals surface area contributed by atoms with E-state index in [4.69, 9.17) is 5.73 Å². The van der Waals surface area contributed by atoms with Gasteiger partial charge in [-0.3, -0.25) is 19.7 Å². The summed E-state index contributed by atoms with van der Waals surface area (Å²) >= 11 is 0. The highest BCUT2D eigenvalue weighted by molar-refractivity contribution is 5.92. The second-order valence-corrected chi connectivity index (χ2v) is 4.48. The van der Waals surface area contributed by atoms with E-state index in [0.717, 1.165) is 0 Å². The molecule has 0 aliphatic heterocycles. The standard InChI is InChI=1S/C14H12N4O4.ClH/c15-14(20)10-2-1-7-17(8-10)9-13(19)16-11-3-5-12(6-4-11)18(21)22;/h1-8H,9H2,(H2-,15,16,19,20);1H. The monoisotopic (exact) mass is 336 g/mol. The maximum atomic E-state index is 11.9. The number of halogens is 1. The van der Waals surface area contributed by atoms with Gasteiger partial charge in [0.2, 0.25) is 6.54 Å². The normalized spacial score (nSPS) is 9.57. The molecule has 0 aliphatic carbocycles. The van der Waals surface area contributed by atoms with Crippen molar-refractivity contribution < 1.29 is 31.5 Å². The van der Waals surface area contributed by atoms with Crippen LogP contribution in [0.3, 0.4) is 0 Å². The molecule has 2 aromatic rings. The molecule has 8 nitrogen and oxygen atoms in total. The van der Waals surface area contributed by atoms with Gasteiger partial charge in [0.1, 0.15) is 5.56 Å². The van der Waals surface area contributed by atoms with Crippen molar-refractivity contribution in [1.82, 2.24) is 0 Å². The fraction of sp³-hybridized carbons (Fsp3) is 0.0714. The van der Waals surface area contributed by atoms with Crippen LogP contribution < -0.4 is 28.0 Å². The Morgan fingerprint density at radius 1 is 1.22 bits per heavy atom. The third-order valence-corrected chi connectivity index (χ3v) is 2.83. The van der Waals surface area contributed by atoms with Gasteiger partial charge in [-0.15, -0.1) is 0 Å². The number of nitrogens with two attached hydrogens (primary N) is 1. The maximum Gasteiger partial charge on any atom is 0.290 e. The molecule has 2 rings (SSSR count). The third-order valence-electron chi connectivity index (χ3n) is 2.83. The number of nitro benzene ring substituents is 1. The van der Waals surface area contributed by atoms with E-state index in [1.807, 2.05) is 0 Å². The zero-order chi connectivity index (χ0) is 16.1. The smallest absolute Gasteiger partial charge is 0.290 e. The molecule has 3 N–H and O–H groups in total. The number of primary amides is 1. The van der Waals surface area contributed by atoms with Gasteiger partial charge in [-0.25, -0.2) is 0 Å². The molecular formula is C14H13ClN4O4. The summed E-state index contributed by atoms with van der Waals surface area (Å²) in [4.78, 5) is 33.0. The van der Waals surface area contributed by atoms with Crippen LogP contribution in [0.5, 0.6) is 0 Å². The summed E-state index contributed by atoms with van der Waals surface area (Å²) in [7, 11) is 0. The lowest BCUT2D eigenvalue weighted by atomic mass is 10.2. The average Bonchev–Trinajstić information content (AvgIpc) is 2.47. The Balaban J connectivity index is 0.00000264. The van der Waals surface area contributed by atoms with Crippen molar-refractivity contribution in [3.63, 3.8) is 0 Å². The number of non-ortho nitro benzene ring substituents is 1. The number of pyridine rings is 1. The van der Waals surface area contributed by atoms with E-state index in [0.29, 0.717) is 11.3 Å². The Bertz CT molecular complexity index is 734. The fourth-order valence-electron chi connectivity index (χ4n) is 1.80. The highest BCUT2D eigenvalue weighted by Gasteiger charge is 2.13. The molecule has 1 heterocycles. The number of nitrogens with zero attached hydrogens (tertiary/aromatic N) is 2. The molecule has 1 aromatic heterocycles. The van der Waals surface area contributed by atoms with Crippen LogP contribution in [0.1, 0.15) is 10.4 Å². The van der Waals surface area contributed by atoms with Crippen LogP contribution in [0.4, 0.5) is 11.4 Å². The number of hydrogen-bond donors (Lipinski definition) is 2. The molecule has 1 aromatic carbocycles. The lowest BCUT2D eigenvalue weighted by Crippen LogP contribution is -3.00. The minimum absolute atomic E-state index is 0. The van der Waals surface area contributed by atoms with Crippen LogP contribution in [0.25, 0.3) is 0 Å². The van der Waals surface area contributed by atoms with Crippen molar-refractivity contribution in [1.29, 1.82) is 0 Å². The van der Waals surface area contributed by atoms with Crippen LogP contribution >= 0.6 is 0 Å². The number of nitro groups is 1. The summed E-state index contributed by atoms with van der Waals surface area (Å²) in [5.74, 6) is -0.911. The van der Waals surface area contributed by atoms with Crippen LogP contribution in [-0.4, -0.2) is 16.7 Å². The molecule has 0 fully saturated rings. The van der Waals surface area contributed by atoms with E-state index >= 15 is 0 Å². The fourth-order valence-corrected chi connectivity index (χ4v) is 1.80. The minimum atomic E-state index is -0.579. The van der Waals surface area contributed by atoms with Crippen LogP contribution in [0.2, 0.25) is 0 Å². The molecule has 2 amide bonds. The molecule has 23 heavy (non-hydrogen) atoms. The Hall–Kier alpha value is -3.00. The second kappa shape index (κ2) is 7.85. The quantitative estimate of drug-likeness (QED) is 0.360. The summed E-state index contributed by atoms with van der Waals surface area (Å²) in [6, 6.07) is 8.65. The first-order valence-corrected chi connectivity index (χ1v) is 6.29. The van der Waals surface area contributed by atoms with Crippen molar-refractivity contribution >= 4 is 23.2 Å². The Labute approximate surface area is 137 Å². The first kappa shape index (κ1) is 18.1. The van der Waals surface area contributed by atoms with Crippen molar-refractivity contribution in [3.8, 4) is 0 Å². The highest BCUT2D eigenvalue weighted by Crippen LogP contribution is 2.15. The molecular weight excluding hydrogens is 324 g/mol. The first-order chi connectivity index (χ1) is 10.5. The summed E-state index contributed by atoms with van der Waals surface area (Å²) in [6.45, 7) is -0.0158. The van der Waals surface area contributed by atoms with Gasteiger partial charge in [0, 0.05) is 23.9 Å². The number of hydrogen-bond acceptors (Lipinski definition) is 4. The molecule has 9 heteroatoms. The van der Waals surface area contributed by atoms with E-state index in [1.54, 1.807) is 18.3 Å². The van der Waals surface area contributed by atoms with Crippen molar-refractivity contribution in [2.75, 3.05) is 5.32 Å². The molecule has 0 saturated carbocycles. The zero-order valence-corrected chi connectivity index (χ0v) is 12.6. The molecule has 0 aliphatic rings. The number of carbonyl (C=O) groups excluding carboxylic acids is 2. The summed E-state index contributed by atoms with van der Waals surface area (Å²) < 4.78 is 1.51. The van der Waals surface area contributed by atoms with Gasteiger partial charge in [-0.2, -0.15) is 4.57 Å². The van der Waals surface area contributed by atoms with Gasteiger partial charge in [0.15, 0.2) is 12.4 Å². The number of amides is 2. The third kappa shape index (κ3) is 5.04. The summed E-state index contributed by atoms with van der Waals surface area (Å²) in [6.07, 6.45) is 3.10. The van der Waals surface area contributed by atoms with Crippen molar-refractivity contribution in [2.24, 2.45) is 5.73 Å². The van der Waals surface area contributed by atoms with Crippen molar-refractivity contribution in [2.45, 2.75) is 6.54 Å². The molecule has 0 atom stereocenters. The van der Waals surface area contributed by atoms with E-state index in [2.05, 4.69) is 5.32 Å². The van der Waals surface area contributed by atoms with Gasteiger partial charge in [-0.1, -0.05) is 0 Å². The van der Waals surface area contributed by atoms with E-state index in [-0.39, 0.29) is 30.5 Å². The minimum Gasteiger partial charge on any atom is -1.00 e. The Morgan fingerprint density at radius 2 is 1.87 bits per heavy atom. The van der Waals surface area contributed by atoms with Gasteiger partial charge < -0.3 is 23.5 Å². The van der Waals surface area contributed by atoms with Crippen LogP contribution in [0, 0.1) is 10.1 Å². The van der Waals surface area contributed by atoms with Gasteiger partial charge in [0.25, 0.3) is 17.5 Å². The molecule has 0 radical (unpaired) electrons. The van der Waals surface area contributed by atoms with E-state index in [1.165, 1.54) is 35.0 Å². The molecule has 0 bridgehead atoms. The Morgan fingerprint density at radius 3 is 2.43 bits per heavy atom. The predicted octanol–water partition coefficient (Wildman–Crippen LogP) is -2.38. The number of anilines is 1. The van der Waals surface area contributed by atoms with E-state index in [9.17, 15) is 19.7 Å². The largest absolute Gasteiger partial charge is 1.00 e. The van der Waals surface area contributed by atoms with Gasteiger partial charge in [0.05, 0.1) is 4.92 Å². The Kier molecular flexibility index (Phi) is 6.16. The van der Waals surface area contributed by atoms with Crippen molar-refractivity contribution in [3.05, 3.63) is 64.5 Å². The summed E-state index contributed by atoms with van der Waals surface area (Å²) in [5, 5.41) is 13.1. The number of rotatable bonds is 5. The lowest BCUT2D eigenvalue weighted by molar-refractivity contribution is -0.684. The molecule has 0 unspecified atom stereocenters. The highest BCUT2D eigenvalue weighted by atomic mass is 35.5. The first-order valence-electron chi connectivity index (χ1n) is 6.29. The molecule has 0 spiro atoms. The number of nitrogens with one attached hydrogen (secondary N) is 1. The predicted molar refractivity (Wildman–Crippen MR) is 76.9 cm³/mol. The lowest BCUT2D eigenvalue weighted by Gasteiger charge is -2.03. The summed E-state index contributed by atoms with van der Waals surface area (Å²) in [5.41, 5.74) is 5.86. The SMILES string of the molecule is NC(=O)c1ccc[n+](CC(=O)Nc2ccc([N+](=O)[O-])cc2)c1.[Cl-]. The number of aromatic nitrogens is 1. The number of carbonyl (C=O) groups is 2. The molecule has 120 valence electrons. The van der Waals surface area contributed by atoms with E-state index < -0.39 is 10.8 Å². The number of benzene rings is 1. The van der Waals surface area contributed by atoms with Crippen LogP contribution in [-0.2, 0) is 11.3 Å².